The molecule has 2 spiro atoms. The van der Waals surface area contributed by atoms with Gasteiger partial charge in [-0.2, -0.15) is 0 Å². The van der Waals surface area contributed by atoms with Gasteiger partial charge in [0.15, 0.2) is 5.78 Å². The van der Waals surface area contributed by atoms with Gasteiger partial charge in [-0.25, -0.2) is 4.79 Å². The number of benzene rings is 2. The molecule has 6 N–H and O–H groups in total. The molecule has 0 radical (unpaired) electrons. The van der Waals surface area contributed by atoms with Crippen molar-refractivity contribution in [3.63, 3.8) is 0 Å². The number of hydrogen-bond acceptors (Lipinski definition) is 11. The van der Waals surface area contributed by atoms with Gasteiger partial charge in [-0.15, -0.1) is 0 Å². The fourth-order valence-corrected chi connectivity index (χ4v) is 14.2. The maximum absolute atomic E-state index is 12.6. The van der Waals surface area contributed by atoms with Gasteiger partial charge in [0.1, 0.15) is 35.4 Å². The molecule has 0 amide bonds. The van der Waals surface area contributed by atoms with E-state index >= 15 is 0 Å². The number of carbonyl (C=O) groups excluding carboxylic acids is 1. The van der Waals surface area contributed by atoms with E-state index in [0.717, 1.165) is 19.3 Å². The Labute approximate surface area is 337 Å². The number of aromatic hydroxyl groups is 1. The van der Waals surface area contributed by atoms with Crippen LogP contribution in [0.3, 0.4) is 0 Å². The number of carboxylic acids is 1. The normalized spacial score (nSPS) is 39.7. The van der Waals surface area contributed by atoms with E-state index in [9.17, 15) is 40.2 Å². The van der Waals surface area contributed by atoms with Gasteiger partial charge in [0.25, 0.3) is 0 Å². The van der Waals surface area contributed by atoms with Gasteiger partial charge < -0.3 is 49.6 Å². The second-order valence-corrected chi connectivity index (χ2v) is 19.2. The summed E-state index contributed by atoms with van der Waals surface area (Å²) in [6, 6.07) is 4.18. The van der Waals surface area contributed by atoms with Crippen molar-refractivity contribution in [2.75, 3.05) is 19.8 Å². The van der Waals surface area contributed by atoms with Crippen molar-refractivity contribution in [3.05, 3.63) is 57.7 Å². The zero-order chi connectivity index (χ0) is 40.5. The molecule has 12 heteroatoms. The van der Waals surface area contributed by atoms with Crippen molar-refractivity contribution < 1.29 is 59.2 Å². The molecule has 12 atom stereocenters. The highest BCUT2D eigenvalue weighted by atomic mass is 16.7. The summed E-state index contributed by atoms with van der Waals surface area (Å²) in [6.07, 6.45) is 5.19. The van der Waals surface area contributed by atoms with Crippen molar-refractivity contribution in [2.45, 2.75) is 133 Å². The van der Waals surface area contributed by atoms with Gasteiger partial charge >= 0.3 is 5.97 Å². The summed E-state index contributed by atoms with van der Waals surface area (Å²) in [5.41, 5.74) is 2.63. The summed E-state index contributed by atoms with van der Waals surface area (Å²) in [7, 11) is 0. The Morgan fingerprint density at radius 2 is 1.83 bits per heavy atom. The lowest BCUT2D eigenvalue weighted by molar-refractivity contribution is -0.336. The van der Waals surface area contributed by atoms with Crippen molar-refractivity contribution in [1.82, 2.24) is 0 Å². The summed E-state index contributed by atoms with van der Waals surface area (Å²) in [5.74, 6) is -1.31. The molecule has 2 bridgehead atoms. The maximum atomic E-state index is 12.6. The average molecular weight is 801 g/mol. The van der Waals surface area contributed by atoms with Gasteiger partial charge in [-0.05, 0) is 147 Å². The number of phenols is 1. The van der Waals surface area contributed by atoms with Crippen LogP contribution in [0.25, 0.3) is 10.8 Å². The zero-order valence-corrected chi connectivity index (χ0v) is 33.3. The number of carboxylic acid groups (broad SMARTS) is 1. The number of aryl methyl sites for hydroxylation is 1. The lowest BCUT2D eigenvalue weighted by atomic mass is 9.42. The number of rotatable bonds is 7. The third-order valence-corrected chi connectivity index (χ3v) is 16.1. The number of aromatic carboxylic acids is 1. The van der Waals surface area contributed by atoms with Crippen LogP contribution in [0.1, 0.15) is 110 Å². The number of Topliss-reactive ketones (excluding diaryl/α,β-unsaturated/α-hetero) is 1. The van der Waals surface area contributed by atoms with Crippen LogP contribution in [-0.2, 0) is 14.2 Å². The molecular formula is C46H56O12. The number of ketones is 1. The minimum Gasteiger partial charge on any atom is -0.506 e. The number of aliphatic hydroxyl groups excluding tert-OH is 4. The Morgan fingerprint density at radius 1 is 1.03 bits per heavy atom. The molecule has 312 valence electrons. The number of phenolic OH excluding ortho intramolecular Hbond substituents is 1. The number of fused-ring (bicyclic) bond motifs is 5. The minimum atomic E-state index is -1.70. The quantitative estimate of drug-likeness (QED) is 0.193. The molecule has 10 rings (SSSR count). The largest absolute Gasteiger partial charge is 0.506 e. The van der Waals surface area contributed by atoms with Crippen molar-refractivity contribution in [1.29, 1.82) is 0 Å². The summed E-state index contributed by atoms with van der Waals surface area (Å²) in [6.45, 7) is 4.42. The predicted molar refractivity (Wildman–Crippen MR) is 209 cm³/mol. The molecule has 4 heterocycles. The summed E-state index contributed by atoms with van der Waals surface area (Å²) < 4.78 is 26.7. The van der Waals surface area contributed by atoms with E-state index in [1.165, 1.54) is 61.5 Å². The lowest BCUT2D eigenvalue weighted by Gasteiger charge is -2.64. The van der Waals surface area contributed by atoms with Crippen LogP contribution in [0.5, 0.6) is 11.5 Å². The van der Waals surface area contributed by atoms with Crippen LogP contribution < -0.4 is 4.74 Å². The topological polar surface area (TPSA) is 192 Å². The third-order valence-electron chi connectivity index (χ3n) is 16.1. The lowest BCUT2D eigenvalue weighted by Crippen LogP contribution is -2.71. The zero-order valence-electron chi connectivity index (χ0n) is 33.3. The molecular weight excluding hydrogens is 744 g/mol. The Kier molecular flexibility index (Phi) is 9.26. The van der Waals surface area contributed by atoms with Crippen LogP contribution in [0, 0.1) is 41.4 Å². The second-order valence-electron chi connectivity index (χ2n) is 19.2. The van der Waals surface area contributed by atoms with E-state index in [0.29, 0.717) is 68.1 Å². The Bertz CT molecular complexity index is 2120. The van der Waals surface area contributed by atoms with Crippen LogP contribution in [0.4, 0.5) is 0 Å². The van der Waals surface area contributed by atoms with Gasteiger partial charge in [-0.1, -0.05) is 25.0 Å². The highest BCUT2D eigenvalue weighted by Gasteiger charge is 2.69. The van der Waals surface area contributed by atoms with Crippen LogP contribution in [0.15, 0.2) is 41.0 Å². The molecule has 2 aromatic rings. The first-order valence-corrected chi connectivity index (χ1v) is 21.5. The van der Waals surface area contributed by atoms with Crippen molar-refractivity contribution in [2.24, 2.45) is 34.5 Å². The van der Waals surface area contributed by atoms with Crippen LogP contribution in [-0.4, -0.2) is 105 Å². The molecule has 0 aromatic heterocycles. The first kappa shape index (κ1) is 38.8. The molecule has 3 saturated heterocycles. The van der Waals surface area contributed by atoms with Gasteiger partial charge in [0.2, 0.25) is 6.29 Å². The Balaban J connectivity index is 1.07. The molecule has 6 fully saturated rings. The van der Waals surface area contributed by atoms with E-state index in [-0.39, 0.29) is 51.5 Å². The van der Waals surface area contributed by atoms with E-state index in [4.69, 9.17) is 18.9 Å². The maximum Gasteiger partial charge on any atom is 0.335 e. The first-order chi connectivity index (χ1) is 27.8. The molecule has 0 unspecified atom stereocenters. The number of carbonyl (C=O) groups is 2. The number of ether oxygens (including phenoxy) is 4. The van der Waals surface area contributed by atoms with E-state index in [2.05, 4.69) is 6.08 Å². The van der Waals surface area contributed by atoms with E-state index < -0.39 is 59.9 Å². The van der Waals surface area contributed by atoms with Crippen LogP contribution in [0.2, 0.25) is 0 Å². The van der Waals surface area contributed by atoms with Crippen molar-refractivity contribution >= 4 is 22.5 Å². The third kappa shape index (κ3) is 5.51. The summed E-state index contributed by atoms with van der Waals surface area (Å²) >= 11 is 0. The average Bonchev–Trinajstić information content (AvgIpc) is 3.77. The molecule has 2 aromatic carbocycles. The highest BCUT2D eigenvalue weighted by Crippen LogP contribution is 2.71. The van der Waals surface area contributed by atoms with Gasteiger partial charge in [0.05, 0.1) is 35.3 Å². The Morgan fingerprint density at radius 3 is 2.57 bits per heavy atom. The van der Waals surface area contributed by atoms with Gasteiger partial charge in [-0.3, -0.25) is 4.79 Å². The first-order valence-electron chi connectivity index (χ1n) is 21.5. The number of aliphatic hydroxyl groups is 4. The number of hydrogen-bond donors (Lipinski definition) is 6. The molecule has 3 saturated carbocycles. The SMILES string of the molecule is CC(=O)c1c(C)cc2cc(C(=O)O)cc(O[C@@H]3O[C@@H]4[C@@H](O)CC[C@H]5O[C@@]4(C[C@@H]4C6=C5CC=C6[C@]5(CCCO)COC[C@@H]6CC7(CCCC7)C[C@@H]4[C@H]65)[C@H](O)[C@H]3O)c2c1O. The minimum absolute atomic E-state index is 0.0310. The van der Waals surface area contributed by atoms with Crippen LogP contribution >= 0.6 is 0 Å². The monoisotopic (exact) mass is 800 g/mol. The van der Waals surface area contributed by atoms with Gasteiger partial charge in [0, 0.05) is 18.6 Å². The highest BCUT2D eigenvalue weighted by molar-refractivity contribution is 6.08. The fraction of sp³-hybridized carbons (Fsp3) is 0.652. The van der Waals surface area contributed by atoms with E-state index in [1.807, 2.05) is 0 Å². The smallest absolute Gasteiger partial charge is 0.335 e. The Hall–Kier alpha value is -3.36. The molecule has 12 nitrogen and oxygen atoms in total. The fourth-order valence-electron chi connectivity index (χ4n) is 14.2. The number of allylic oxidation sites excluding steroid dienone is 2. The summed E-state index contributed by atoms with van der Waals surface area (Å²) in [5, 5.41) is 68.8. The second kappa shape index (κ2) is 13.8. The van der Waals surface area contributed by atoms with Crippen molar-refractivity contribution in [3.8, 4) is 11.5 Å². The summed E-state index contributed by atoms with van der Waals surface area (Å²) in [4.78, 5) is 24.9. The molecule has 4 aliphatic carbocycles. The molecule has 8 aliphatic rings. The molecule has 58 heavy (non-hydrogen) atoms. The molecule has 4 aliphatic heterocycles. The predicted octanol–water partition coefficient (Wildman–Crippen LogP) is 5.51. The standard InChI is InChI=1S/C46H56O12/c1-22-14-24-15-25(42(53)54)16-33(35(24)38(50)34(22)23(2)48)56-43-39(51)40(52)46-19-28-29-18-44(10-3-4-11-44)17-26-20-55-21-45(37(26)29,12-5-13-47)30-7-6-27(36(28)30)32(58-46)9-8-31(49)41(46)57-43/h7,14-16,26,28-29,31-32,37,39-41,43,47,49-52H,3-6,8-13,17-21H2,1-2H3,(H,53,54)/t26-,28-,29-,31-,32+,37-,39+,40+,41+,43+,45-,46-/m0/s1. The van der Waals surface area contributed by atoms with E-state index in [1.54, 1.807) is 13.0 Å².